The molecule has 0 amide bonds. The fourth-order valence-corrected chi connectivity index (χ4v) is 5.27. The van der Waals surface area contributed by atoms with Crippen LogP contribution in [-0.2, 0) is 22.3 Å². The SMILES string of the molecule is O=C(O)c1c(S(=O)N2CCOCC2)c2ccccc2n1Cc1ccc(Cl)c(Cl)c1. The summed E-state index contributed by atoms with van der Waals surface area (Å²) in [5.41, 5.74) is 1.51. The number of morpholine rings is 1. The molecule has 9 heteroatoms. The minimum atomic E-state index is -1.62. The van der Waals surface area contributed by atoms with Crippen LogP contribution < -0.4 is 0 Å². The highest BCUT2D eigenvalue weighted by molar-refractivity contribution is 7.83. The van der Waals surface area contributed by atoms with Gasteiger partial charge in [-0.2, -0.15) is 0 Å². The predicted molar refractivity (Wildman–Crippen MR) is 113 cm³/mol. The standard InChI is InChI=1S/C20H18Cl2N2O4S/c21-15-6-5-13(11-16(15)22)12-24-17-4-2-1-3-14(17)19(18(24)20(25)26)29(27)23-7-9-28-10-8-23/h1-6,11H,7-10,12H2,(H,25,26). The Morgan fingerprint density at radius 3 is 2.52 bits per heavy atom. The average Bonchev–Trinajstić information content (AvgIpc) is 3.05. The molecule has 3 aromatic rings. The van der Waals surface area contributed by atoms with E-state index >= 15 is 0 Å². The molecule has 0 aliphatic carbocycles. The van der Waals surface area contributed by atoms with Crippen molar-refractivity contribution in [2.45, 2.75) is 11.4 Å². The van der Waals surface area contributed by atoms with Gasteiger partial charge in [-0.25, -0.2) is 13.3 Å². The highest BCUT2D eigenvalue weighted by atomic mass is 35.5. The zero-order valence-corrected chi connectivity index (χ0v) is 17.6. The van der Waals surface area contributed by atoms with E-state index in [1.807, 2.05) is 18.2 Å². The molecule has 0 saturated carbocycles. The summed E-state index contributed by atoms with van der Waals surface area (Å²) in [6, 6.07) is 12.5. The number of aromatic carboxylic acids is 1. The Morgan fingerprint density at radius 2 is 1.83 bits per heavy atom. The Bertz CT molecular complexity index is 1110. The molecule has 152 valence electrons. The molecule has 1 atom stereocenters. The molecule has 1 aliphatic heterocycles. The van der Waals surface area contributed by atoms with E-state index in [9.17, 15) is 14.1 Å². The van der Waals surface area contributed by atoms with Crippen molar-refractivity contribution in [2.75, 3.05) is 26.3 Å². The van der Waals surface area contributed by atoms with E-state index < -0.39 is 17.0 Å². The van der Waals surface area contributed by atoms with Gasteiger partial charge >= 0.3 is 5.97 Å². The zero-order valence-electron chi connectivity index (χ0n) is 15.3. The number of benzene rings is 2. The lowest BCUT2D eigenvalue weighted by atomic mass is 10.2. The van der Waals surface area contributed by atoms with Gasteiger partial charge in [0.1, 0.15) is 16.7 Å². The Kier molecular flexibility index (Phi) is 5.94. The van der Waals surface area contributed by atoms with Gasteiger partial charge in [-0.15, -0.1) is 0 Å². The van der Waals surface area contributed by atoms with Crippen molar-refractivity contribution < 1.29 is 18.8 Å². The number of aromatic nitrogens is 1. The van der Waals surface area contributed by atoms with Crippen molar-refractivity contribution in [3.05, 3.63) is 63.8 Å². The minimum Gasteiger partial charge on any atom is -0.477 e. The van der Waals surface area contributed by atoms with Crippen LogP contribution in [0, 0.1) is 0 Å². The maximum absolute atomic E-state index is 13.4. The number of nitrogens with zero attached hydrogens (tertiary/aromatic N) is 2. The van der Waals surface area contributed by atoms with Crippen LogP contribution in [0.3, 0.4) is 0 Å². The smallest absolute Gasteiger partial charge is 0.353 e. The van der Waals surface area contributed by atoms with Gasteiger partial charge in [-0.1, -0.05) is 47.5 Å². The summed E-state index contributed by atoms with van der Waals surface area (Å²) in [6.45, 7) is 2.17. The number of hydrogen-bond acceptors (Lipinski definition) is 3. The summed E-state index contributed by atoms with van der Waals surface area (Å²) in [5, 5.41) is 11.5. The molecule has 1 aromatic heterocycles. The monoisotopic (exact) mass is 452 g/mol. The first-order valence-corrected chi connectivity index (χ1v) is 10.9. The van der Waals surface area contributed by atoms with Gasteiger partial charge in [0.15, 0.2) is 0 Å². The van der Waals surface area contributed by atoms with Crippen LogP contribution in [0.4, 0.5) is 0 Å². The van der Waals surface area contributed by atoms with Gasteiger partial charge in [-0.05, 0) is 23.8 Å². The summed E-state index contributed by atoms with van der Waals surface area (Å²) in [7, 11) is -1.62. The first-order valence-electron chi connectivity index (χ1n) is 9.00. The van der Waals surface area contributed by atoms with Gasteiger partial charge in [0.25, 0.3) is 0 Å². The Morgan fingerprint density at radius 1 is 1.10 bits per heavy atom. The second kappa shape index (κ2) is 8.45. The van der Waals surface area contributed by atoms with Crippen LogP contribution in [-0.4, -0.2) is 50.5 Å². The van der Waals surface area contributed by atoms with E-state index in [0.717, 1.165) is 5.56 Å². The second-order valence-corrected chi connectivity index (χ2v) is 8.86. The third-order valence-corrected chi connectivity index (χ3v) is 7.17. The first-order chi connectivity index (χ1) is 14.0. The van der Waals surface area contributed by atoms with Crippen molar-refractivity contribution in [3.8, 4) is 0 Å². The van der Waals surface area contributed by atoms with Crippen molar-refractivity contribution in [3.63, 3.8) is 0 Å². The van der Waals surface area contributed by atoms with Crippen molar-refractivity contribution >= 4 is 51.1 Å². The van der Waals surface area contributed by atoms with Crippen molar-refractivity contribution in [1.29, 1.82) is 0 Å². The minimum absolute atomic E-state index is 0.0158. The lowest BCUT2D eigenvalue weighted by Crippen LogP contribution is -2.38. The van der Waals surface area contributed by atoms with Crippen molar-refractivity contribution in [1.82, 2.24) is 8.87 Å². The molecule has 4 rings (SSSR count). The van der Waals surface area contributed by atoms with Gasteiger partial charge in [-0.3, -0.25) is 0 Å². The van der Waals surface area contributed by atoms with Crippen LogP contribution in [0.1, 0.15) is 16.1 Å². The van der Waals surface area contributed by atoms with Gasteiger partial charge < -0.3 is 14.4 Å². The van der Waals surface area contributed by atoms with E-state index in [-0.39, 0.29) is 12.2 Å². The fourth-order valence-electron chi connectivity index (χ4n) is 3.49. The van der Waals surface area contributed by atoms with Gasteiger partial charge in [0.2, 0.25) is 0 Å². The van der Waals surface area contributed by atoms with Crippen LogP contribution in [0.25, 0.3) is 10.9 Å². The third-order valence-electron chi connectivity index (χ3n) is 4.83. The average molecular weight is 453 g/mol. The maximum atomic E-state index is 13.4. The number of carbonyl (C=O) groups is 1. The highest BCUT2D eigenvalue weighted by Gasteiger charge is 2.30. The number of hydrogen-bond donors (Lipinski definition) is 1. The van der Waals surface area contributed by atoms with E-state index in [2.05, 4.69) is 0 Å². The number of para-hydroxylation sites is 1. The Labute approximate surface area is 180 Å². The summed E-state index contributed by atoms with van der Waals surface area (Å²) in [4.78, 5) is 12.6. The molecule has 0 bridgehead atoms. The molecule has 6 nitrogen and oxygen atoms in total. The van der Waals surface area contributed by atoms with Crippen LogP contribution in [0.5, 0.6) is 0 Å². The quantitative estimate of drug-likeness (QED) is 0.633. The number of ether oxygens (including phenoxy) is 1. The fraction of sp³-hybridized carbons (Fsp3) is 0.250. The highest BCUT2D eigenvalue weighted by Crippen LogP contribution is 2.32. The topological polar surface area (TPSA) is 71.8 Å². The molecule has 1 unspecified atom stereocenters. The number of carboxylic acids is 1. The molecule has 0 spiro atoms. The normalized spacial score (nSPS) is 16.2. The second-order valence-electron chi connectivity index (χ2n) is 6.63. The lowest BCUT2D eigenvalue weighted by Gasteiger charge is -2.25. The Balaban J connectivity index is 1.87. The predicted octanol–water partition coefficient (Wildman–Crippen LogP) is 4.05. The molecule has 2 heterocycles. The van der Waals surface area contributed by atoms with Gasteiger partial charge in [0.05, 0.1) is 33.7 Å². The zero-order chi connectivity index (χ0) is 20.5. The van der Waals surface area contributed by atoms with Crippen molar-refractivity contribution in [2.24, 2.45) is 0 Å². The molecule has 1 saturated heterocycles. The molecule has 0 radical (unpaired) electrons. The molecular weight excluding hydrogens is 435 g/mol. The molecular formula is C20H18Cl2N2O4S. The van der Waals surface area contributed by atoms with E-state index in [1.54, 1.807) is 33.1 Å². The molecule has 1 aliphatic rings. The number of rotatable bonds is 5. The lowest BCUT2D eigenvalue weighted by molar-refractivity contribution is 0.0680. The number of fused-ring (bicyclic) bond motifs is 1. The van der Waals surface area contributed by atoms with E-state index in [4.69, 9.17) is 27.9 Å². The largest absolute Gasteiger partial charge is 0.477 e. The number of carboxylic acid groups (broad SMARTS) is 1. The van der Waals surface area contributed by atoms with E-state index in [1.165, 1.54) is 0 Å². The molecule has 1 fully saturated rings. The van der Waals surface area contributed by atoms with Gasteiger partial charge in [0, 0.05) is 25.0 Å². The maximum Gasteiger partial charge on any atom is 0.353 e. The molecule has 29 heavy (non-hydrogen) atoms. The van der Waals surface area contributed by atoms with E-state index in [0.29, 0.717) is 52.1 Å². The number of halogens is 2. The third kappa shape index (κ3) is 3.93. The van der Waals surface area contributed by atoms with Crippen LogP contribution in [0.15, 0.2) is 47.4 Å². The molecule has 1 N–H and O–H groups in total. The summed E-state index contributed by atoms with van der Waals surface area (Å²) in [5.74, 6) is -1.13. The summed E-state index contributed by atoms with van der Waals surface area (Å²) < 4.78 is 22.1. The summed E-state index contributed by atoms with van der Waals surface area (Å²) >= 11 is 12.1. The summed E-state index contributed by atoms with van der Waals surface area (Å²) in [6.07, 6.45) is 0. The first kappa shape index (κ1) is 20.4. The Hall–Kier alpha value is -1.90. The van der Waals surface area contributed by atoms with Crippen LogP contribution >= 0.6 is 23.2 Å². The van der Waals surface area contributed by atoms with Crippen LogP contribution in [0.2, 0.25) is 10.0 Å². The molecule has 2 aromatic carbocycles.